The van der Waals surface area contributed by atoms with E-state index in [9.17, 15) is 4.79 Å². The summed E-state index contributed by atoms with van der Waals surface area (Å²) in [6.45, 7) is 17.0. The van der Waals surface area contributed by atoms with Gasteiger partial charge in [0.05, 0.1) is 13.2 Å². The van der Waals surface area contributed by atoms with E-state index in [4.69, 9.17) is 4.74 Å². The molecule has 4 saturated carbocycles. The fourth-order valence-corrected chi connectivity index (χ4v) is 11.1. The minimum Gasteiger partial charge on any atom is -0.380 e. The highest BCUT2D eigenvalue weighted by Crippen LogP contribution is 2.79. The first-order valence-electron chi connectivity index (χ1n) is 13.7. The number of ether oxygens (including phenoxy) is 1. The van der Waals surface area contributed by atoms with Crippen molar-refractivity contribution in [3.05, 3.63) is 12.2 Å². The van der Waals surface area contributed by atoms with E-state index in [0.29, 0.717) is 33.4 Å². The smallest absolute Gasteiger partial charge is 0.158 e. The Morgan fingerprint density at radius 1 is 0.875 bits per heavy atom. The Morgan fingerprint density at radius 3 is 2.41 bits per heavy atom. The molecule has 6 aliphatic rings. The number of rotatable bonds is 0. The largest absolute Gasteiger partial charge is 0.380 e. The highest BCUT2D eigenvalue weighted by atomic mass is 16.5. The second kappa shape index (κ2) is 6.32. The van der Waals surface area contributed by atoms with Crippen molar-refractivity contribution < 1.29 is 9.53 Å². The van der Waals surface area contributed by atoms with Gasteiger partial charge in [-0.3, -0.25) is 4.79 Å². The number of carbonyl (C=O) groups excluding carboxylic acids is 1. The normalized spacial score (nSPS) is 58.2. The lowest BCUT2D eigenvalue weighted by Crippen LogP contribution is -2.73. The molecule has 0 N–H and O–H groups in total. The molecule has 0 amide bonds. The first-order valence-corrected chi connectivity index (χ1v) is 13.7. The minimum atomic E-state index is 0.105. The van der Waals surface area contributed by atoms with Gasteiger partial charge in [-0.15, -0.1) is 0 Å². The average Bonchev–Trinajstić information content (AvgIpc) is 2.74. The van der Waals surface area contributed by atoms with Gasteiger partial charge in [0.1, 0.15) is 0 Å². The van der Waals surface area contributed by atoms with Crippen LogP contribution in [0.1, 0.15) is 99.3 Å². The molecule has 0 unspecified atom stereocenters. The van der Waals surface area contributed by atoms with Crippen LogP contribution in [0.2, 0.25) is 0 Å². The third kappa shape index (κ3) is 2.39. The SMILES string of the molecule is C[C@H]1C(=O)C=C[C@@H]2[C@]1(C)CC[C@H]1[C@@]23CC[C@@]2(C)[C@@H]4CC(C)(C)CC[C@]4(C)CC[C@]12COC3. The third-order valence-electron chi connectivity index (χ3n) is 13.4. The van der Waals surface area contributed by atoms with E-state index in [1.54, 1.807) is 0 Å². The van der Waals surface area contributed by atoms with E-state index in [0.717, 1.165) is 25.0 Å². The van der Waals surface area contributed by atoms with Crippen LogP contribution in [0.4, 0.5) is 0 Å². The van der Waals surface area contributed by atoms with Crippen molar-refractivity contribution in [3.63, 3.8) is 0 Å². The summed E-state index contributed by atoms with van der Waals surface area (Å²) in [7, 11) is 0. The lowest BCUT2D eigenvalue weighted by molar-refractivity contribution is -0.314. The molecule has 1 heterocycles. The highest BCUT2D eigenvalue weighted by molar-refractivity contribution is 5.93. The summed E-state index contributed by atoms with van der Waals surface area (Å²) < 4.78 is 6.72. The molecular formula is C30H46O2. The Kier molecular flexibility index (Phi) is 4.32. The van der Waals surface area contributed by atoms with Crippen LogP contribution in [-0.2, 0) is 9.53 Å². The first-order chi connectivity index (χ1) is 14.9. The molecule has 0 aromatic rings. The summed E-state index contributed by atoms with van der Waals surface area (Å²) >= 11 is 0. The van der Waals surface area contributed by atoms with E-state index in [2.05, 4.69) is 47.6 Å². The monoisotopic (exact) mass is 438 g/mol. The van der Waals surface area contributed by atoms with Gasteiger partial charge in [0.2, 0.25) is 0 Å². The molecule has 9 atom stereocenters. The van der Waals surface area contributed by atoms with Gasteiger partial charge in [-0.05, 0) is 103 Å². The van der Waals surface area contributed by atoms with Crippen LogP contribution < -0.4 is 0 Å². The van der Waals surface area contributed by atoms with Crippen LogP contribution >= 0.6 is 0 Å². The summed E-state index contributed by atoms with van der Waals surface area (Å²) in [5.41, 5.74) is 2.06. The van der Waals surface area contributed by atoms with E-state index >= 15 is 0 Å². The number of carbonyl (C=O) groups is 1. The maximum atomic E-state index is 12.7. The van der Waals surface area contributed by atoms with Gasteiger partial charge in [0.25, 0.3) is 0 Å². The Labute approximate surface area is 196 Å². The molecule has 178 valence electrons. The summed E-state index contributed by atoms with van der Waals surface area (Å²) in [4.78, 5) is 12.7. The quantitative estimate of drug-likeness (QED) is 0.399. The predicted molar refractivity (Wildman–Crippen MR) is 129 cm³/mol. The van der Waals surface area contributed by atoms with Crippen LogP contribution in [0.3, 0.4) is 0 Å². The van der Waals surface area contributed by atoms with E-state index in [1.165, 1.54) is 57.8 Å². The summed E-state index contributed by atoms with van der Waals surface area (Å²) in [5, 5.41) is 0. The van der Waals surface area contributed by atoms with Gasteiger partial charge >= 0.3 is 0 Å². The molecule has 1 spiro atoms. The Bertz CT molecular complexity index is 872. The molecule has 2 bridgehead atoms. The van der Waals surface area contributed by atoms with E-state index in [1.807, 2.05) is 6.08 Å². The average molecular weight is 439 g/mol. The Balaban J connectivity index is 1.46. The number of hydrogen-bond acceptors (Lipinski definition) is 2. The molecule has 0 aromatic heterocycles. The molecule has 1 aliphatic heterocycles. The predicted octanol–water partition coefficient (Wildman–Crippen LogP) is 7.22. The number of ketones is 1. The zero-order valence-corrected chi connectivity index (χ0v) is 21.6. The lowest BCUT2D eigenvalue weighted by Gasteiger charge is -2.76. The van der Waals surface area contributed by atoms with Crippen molar-refractivity contribution >= 4 is 5.78 Å². The van der Waals surface area contributed by atoms with Crippen LogP contribution in [0.25, 0.3) is 0 Å². The molecule has 0 aromatic carbocycles. The topological polar surface area (TPSA) is 26.3 Å². The molecule has 2 nitrogen and oxygen atoms in total. The van der Waals surface area contributed by atoms with Crippen molar-refractivity contribution in [1.82, 2.24) is 0 Å². The molecule has 32 heavy (non-hydrogen) atoms. The number of fused-ring (bicyclic) bond motifs is 3. The van der Waals surface area contributed by atoms with Gasteiger partial charge in [-0.1, -0.05) is 47.6 Å². The van der Waals surface area contributed by atoms with Gasteiger partial charge in [0.15, 0.2) is 5.78 Å². The third-order valence-corrected chi connectivity index (χ3v) is 13.4. The minimum absolute atomic E-state index is 0.105. The second-order valence-electron chi connectivity index (χ2n) is 14.9. The van der Waals surface area contributed by atoms with Crippen LogP contribution in [-0.4, -0.2) is 19.0 Å². The van der Waals surface area contributed by atoms with E-state index < -0.39 is 0 Å². The van der Waals surface area contributed by atoms with Crippen LogP contribution in [0, 0.1) is 56.2 Å². The first kappa shape index (κ1) is 21.9. The number of hydrogen-bond donors (Lipinski definition) is 0. The molecule has 6 rings (SSSR count). The highest BCUT2D eigenvalue weighted by Gasteiger charge is 2.74. The standard InChI is InChI=1S/C30H46O2/c1-20-21(31)7-8-22-27(20,5)10-9-23-29(22)15-14-28(6)24-17-25(2,3)11-12-26(24,4)13-16-30(23,28)19-32-18-29/h7-8,20,22-24H,9-19H2,1-6H3/t20-,22+,23-,24+,26+,27+,28-,29+,30-/m0/s1. The lowest BCUT2D eigenvalue weighted by atomic mass is 9.29. The van der Waals surface area contributed by atoms with E-state index in [-0.39, 0.29) is 16.7 Å². The molecule has 0 radical (unpaired) electrons. The fraction of sp³-hybridized carbons (Fsp3) is 0.900. The molecule has 5 fully saturated rings. The second-order valence-corrected chi connectivity index (χ2v) is 14.9. The molecule has 5 aliphatic carbocycles. The molecular weight excluding hydrogens is 392 g/mol. The Morgan fingerprint density at radius 2 is 1.62 bits per heavy atom. The van der Waals surface area contributed by atoms with Crippen molar-refractivity contribution in [2.45, 2.75) is 99.3 Å². The summed E-state index contributed by atoms with van der Waals surface area (Å²) in [6, 6.07) is 0. The van der Waals surface area contributed by atoms with Gasteiger partial charge in [-0.2, -0.15) is 0 Å². The molecule has 1 saturated heterocycles. The van der Waals surface area contributed by atoms with Crippen LogP contribution in [0.5, 0.6) is 0 Å². The summed E-state index contributed by atoms with van der Waals surface area (Å²) in [6.07, 6.45) is 16.5. The maximum Gasteiger partial charge on any atom is 0.158 e. The van der Waals surface area contributed by atoms with Gasteiger partial charge in [0, 0.05) is 16.7 Å². The molecule has 2 heteroatoms. The van der Waals surface area contributed by atoms with Crippen molar-refractivity contribution in [1.29, 1.82) is 0 Å². The van der Waals surface area contributed by atoms with Gasteiger partial charge < -0.3 is 4.74 Å². The zero-order valence-electron chi connectivity index (χ0n) is 21.6. The Hall–Kier alpha value is -0.630. The summed E-state index contributed by atoms with van der Waals surface area (Å²) in [5.74, 6) is 2.58. The maximum absolute atomic E-state index is 12.7. The van der Waals surface area contributed by atoms with Crippen molar-refractivity contribution in [3.8, 4) is 0 Å². The van der Waals surface area contributed by atoms with Gasteiger partial charge in [-0.25, -0.2) is 0 Å². The van der Waals surface area contributed by atoms with Crippen molar-refractivity contribution in [2.75, 3.05) is 13.2 Å². The van der Waals surface area contributed by atoms with Crippen molar-refractivity contribution in [2.24, 2.45) is 56.2 Å². The number of allylic oxidation sites excluding steroid dienone is 2. The zero-order chi connectivity index (χ0) is 22.8. The fourth-order valence-electron chi connectivity index (χ4n) is 11.1. The van der Waals surface area contributed by atoms with Crippen LogP contribution in [0.15, 0.2) is 12.2 Å².